The van der Waals surface area contributed by atoms with Crippen molar-refractivity contribution in [3.63, 3.8) is 0 Å². The van der Waals surface area contributed by atoms with Gasteiger partial charge in [0, 0.05) is 23.4 Å². The summed E-state index contributed by atoms with van der Waals surface area (Å²) in [5, 5.41) is 6.47. The van der Waals surface area contributed by atoms with Gasteiger partial charge in [-0.05, 0) is 29.3 Å². The molecular weight excluding hydrogens is 360 g/mol. The zero-order valence-corrected chi connectivity index (χ0v) is 13.8. The fourth-order valence-electron chi connectivity index (χ4n) is 1.72. The van der Waals surface area contributed by atoms with Crippen LogP contribution in [0.4, 0.5) is 0 Å². The minimum Gasteiger partial charge on any atom is -0.352 e. The highest BCUT2D eigenvalue weighted by atomic mass is 79.9. The zero-order valence-electron chi connectivity index (χ0n) is 12.2. The molecule has 0 aliphatic rings. The van der Waals surface area contributed by atoms with Crippen molar-refractivity contribution in [1.29, 1.82) is 0 Å². The summed E-state index contributed by atoms with van der Waals surface area (Å²) in [6.45, 7) is 0.335. The monoisotopic (exact) mass is 374 g/mol. The van der Waals surface area contributed by atoms with E-state index < -0.39 is 5.91 Å². The Balaban J connectivity index is 1.72. The SMILES string of the molecule is O=C(CC(=O)N/N=C\c1cccc(Br)c1)NCc1cccnc1. The summed E-state index contributed by atoms with van der Waals surface area (Å²) in [6.07, 6.45) is 4.54. The van der Waals surface area contributed by atoms with Crippen molar-refractivity contribution in [1.82, 2.24) is 15.7 Å². The van der Waals surface area contributed by atoms with E-state index in [2.05, 4.69) is 36.8 Å². The van der Waals surface area contributed by atoms with Crippen molar-refractivity contribution in [3.05, 3.63) is 64.4 Å². The molecule has 1 aromatic heterocycles. The van der Waals surface area contributed by atoms with E-state index in [1.54, 1.807) is 18.5 Å². The van der Waals surface area contributed by atoms with E-state index in [0.717, 1.165) is 15.6 Å². The maximum atomic E-state index is 11.7. The second-order valence-corrected chi connectivity index (χ2v) is 5.58. The van der Waals surface area contributed by atoms with Gasteiger partial charge in [0.2, 0.25) is 11.8 Å². The number of carbonyl (C=O) groups excluding carboxylic acids is 2. The molecule has 1 aromatic carbocycles. The Morgan fingerprint density at radius 1 is 1.22 bits per heavy atom. The summed E-state index contributed by atoms with van der Waals surface area (Å²) in [5.74, 6) is -0.844. The lowest BCUT2D eigenvalue weighted by Crippen LogP contribution is -2.29. The van der Waals surface area contributed by atoms with Crippen LogP contribution in [0.2, 0.25) is 0 Å². The summed E-state index contributed by atoms with van der Waals surface area (Å²) in [7, 11) is 0. The maximum absolute atomic E-state index is 11.7. The Hall–Kier alpha value is -2.54. The Bertz CT molecular complexity index is 704. The maximum Gasteiger partial charge on any atom is 0.249 e. The van der Waals surface area contributed by atoms with Crippen molar-refractivity contribution in [2.45, 2.75) is 13.0 Å². The molecule has 1 heterocycles. The van der Waals surface area contributed by atoms with Gasteiger partial charge in [0.25, 0.3) is 0 Å². The van der Waals surface area contributed by atoms with E-state index >= 15 is 0 Å². The van der Waals surface area contributed by atoms with E-state index in [1.165, 1.54) is 6.21 Å². The van der Waals surface area contributed by atoms with Crippen LogP contribution in [0.15, 0.2) is 58.4 Å². The fourth-order valence-corrected chi connectivity index (χ4v) is 2.13. The molecule has 118 valence electrons. The number of pyridine rings is 1. The van der Waals surface area contributed by atoms with Crippen molar-refractivity contribution in [3.8, 4) is 0 Å². The highest BCUT2D eigenvalue weighted by molar-refractivity contribution is 9.10. The number of benzene rings is 1. The molecule has 0 saturated heterocycles. The summed E-state index contributed by atoms with van der Waals surface area (Å²) in [5.41, 5.74) is 4.03. The molecule has 0 radical (unpaired) electrons. The largest absolute Gasteiger partial charge is 0.352 e. The Morgan fingerprint density at radius 3 is 2.83 bits per heavy atom. The molecule has 2 N–H and O–H groups in total. The molecule has 7 heteroatoms. The summed E-state index contributed by atoms with van der Waals surface area (Å²) in [6, 6.07) is 11.1. The third-order valence-electron chi connectivity index (χ3n) is 2.79. The van der Waals surface area contributed by atoms with Crippen LogP contribution in [0.5, 0.6) is 0 Å². The van der Waals surface area contributed by atoms with Gasteiger partial charge < -0.3 is 5.32 Å². The van der Waals surface area contributed by atoms with E-state index in [4.69, 9.17) is 0 Å². The smallest absolute Gasteiger partial charge is 0.249 e. The molecule has 0 unspecified atom stereocenters. The van der Waals surface area contributed by atoms with Crippen LogP contribution >= 0.6 is 15.9 Å². The minimum atomic E-state index is -0.472. The predicted molar refractivity (Wildman–Crippen MR) is 90.6 cm³/mol. The number of aromatic nitrogens is 1. The Labute approximate surface area is 142 Å². The van der Waals surface area contributed by atoms with Crippen molar-refractivity contribution >= 4 is 34.0 Å². The van der Waals surface area contributed by atoms with Crippen LogP contribution in [-0.2, 0) is 16.1 Å². The van der Waals surface area contributed by atoms with Crippen molar-refractivity contribution in [2.24, 2.45) is 5.10 Å². The number of halogens is 1. The number of hydrazone groups is 1. The average Bonchev–Trinajstić information content (AvgIpc) is 2.54. The summed E-state index contributed by atoms with van der Waals surface area (Å²) < 4.78 is 0.919. The van der Waals surface area contributed by atoms with Gasteiger partial charge in [-0.2, -0.15) is 5.10 Å². The quantitative estimate of drug-likeness (QED) is 0.460. The molecule has 2 amide bonds. The molecule has 0 spiro atoms. The lowest BCUT2D eigenvalue weighted by atomic mass is 10.2. The number of nitrogens with zero attached hydrogens (tertiary/aromatic N) is 2. The first kappa shape index (κ1) is 16.8. The molecule has 0 aliphatic carbocycles. The first-order chi connectivity index (χ1) is 11.1. The van der Waals surface area contributed by atoms with E-state index in [9.17, 15) is 9.59 Å². The average molecular weight is 375 g/mol. The van der Waals surface area contributed by atoms with Gasteiger partial charge >= 0.3 is 0 Å². The van der Waals surface area contributed by atoms with E-state index in [0.29, 0.717) is 6.54 Å². The number of hydrogen-bond donors (Lipinski definition) is 2. The summed E-state index contributed by atoms with van der Waals surface area (Å²) >= 11 is 3.35. The van der Waals surface area contributed by atoms with Gasteiger partial charge in [0.15, 0.2) is 0 Å². The second kappa shape index (κ2) is 8.79. The molecule has 0 saturated carbocycles. The van der Waals surface area contributed by atoms with Crippen LogP contribution in [-0.4, -0.2) is 23.0 Å². The molecular formula is C16H15BrN4O2. The third kappa shape index (κ3) is 6.39. The molecule has 2 rings (SSSR count). The fraction of sp³-hybridized carbons (Fsp3) is 0.125. The Kier molecular flexibility index (Phi) is 6.43. The van der Waals surface area contributed by atoms with Crippen LogP contribution < -0.4 is 10.7 Å². The van der Waals surface area contributed by atoms with Gasteiger partial charge in [0.05, 0.1) is 6.21 Å². The summed E-state index contributed by atoms with van der Waals surface area (Å²) in [4.78, 5) is 27.2. The molecule has 0 atom stereocenters. The molecule has 2 aromatic rings. The Morgan fingerprint density at radius 2 is 2.09 bits per heavy atom. The number of carbonyl (C=O) groups is 2. The van der Waals surface area contributed by atoms with Crippen LogP contribution in [0.3, 0.4) is 0 Å². The number of rotatable bonds is 6. The topological polar surface area (TPSA) is 83.5 Å². The lowest BCUT2D eigenvalue weighted by molar-refractivity contribution is -0.129. The highest BCUT2D eigenvalue weighted by Crippen LogP contribution is 2.09. The van der Waals surface area contributed by atoms with E-state index in [-0.39, 0.29) is 12.3 Å². The van der Waals surface area contributed by atoms with Crippen LogP contribution in [0.25, 0.3) is 0 Å². The number of amides is 2. The van der Waals surface area contributed by atoms with Gasteiger partial charge in [0.1, 0.15) is 6.42 Å². The molecule has 0 bridgehead atoms. The number of nitrogens with one attached hydrogen (secondary N) is 2. The third-order valence-corrected chi connectivity index (χ3v) is 3.28. The first-order valence-corrected chi connectivity index (χ1v) is 7.66. The predicted octanol–water partition coefficient (Wildman–Crippen LogP) is 2.00. The standard InChI is InChI=1S/C16H15BrN4O2/c17-14-5-1-3-12(7-14)11-20-21-16(23)8-15(22)19-10-13-4-2-6-18-9-13/h1-7,9,11H,8,10H2,(H,19,22)(H,21,23)/b20-11-. The lowest BCUT2D eigenvalue weighted by Gasteiger charge is -2.04. The van der Waals surface area contributed by atoms with E-state index in [1.807, 2.05) is 30.3 Å². The van der Waals surface area contributed by atoms with Crippen molar-refractivity contribution in [2.75, 3.05) is 0 Å². The minimum absolute atomic E-state index is 0.282. The van der Waals surface area contributed by atoms with Crippen LogP contribution in [0, 0.1) is 0 Å². The van der Waals surface area contributed by atoms with Crippen molar-refractivity contribution < 1.29 is 9.59 Å². The van der Waals surface area contributed by atoms with Gasteiger partial charge in [-0.25, -0.2) is 5.43 Å². The van der Waals surface area contributed by atoms with Crippen LogP contribution in [0.1, 0.15) is 17.5 Å². The highest BCUT2D eigenvalue weighted by Gasteiger charge is 2.08. The molecule has 0 aliphatic heterocycles. The number of hydrogen-bond acceptors (Lipinski definition) is 4. The van der Waals surface area contributed by atoms with Gasteiger partial charge in [-0.3, -0.25) is 14.6 Å². The second-order valence-electron chi connectivity index (χ2n) is 4.66. The zero-order chi connectivity index (χ0) is 16.5. The molecule has 23 heavy (non-hydrogen) atoms. The molecule has 6 nitrogen and oxygen atoms in total. The first-order valence-electron chi connectivity index (χ1n) is 6.86. The van der Waals surface area contributed by atoms with Gasteiger partial charge in [-0.1, -0.05) is 34.1 Å². The molecule has 0 fully saturated rings. The van der Waals surface area contributed by atoms with Gasteiger partial charge in [-0.15, -0.1) is 0 Å². The normalized spacial score (nSPS) is 10.5.